The Kier molecular flexibility index (Phi) is 3.67. The van der Waals surface area contributed by atoms with Crippen LogP contribution in [-0.4, -0.2) is 28.5 Å². The van der Waals surface area contributed by atoms with Crippen molar-refractivity contribution in [3.05, 3.63) is 47.3 Å². The van der Waals surface area contributed by atoms with Gasteiger partial charge in [-0.3, -0.25) is 4.79 Å². The number of amides is 1. The van der Waals surface area contributed by atoms with E-state index in [1.165, 1.54) is 0 Å². The van der Waals surface area contributed by atoms with Crippen LogP contribution in [0, 0.1) is 5.41 Å². The SMILES string of the molecule is CO/N=C1\CC(C)(C)Cc2c1cnn2-c1ccc(C(N)=O)cc1. The van der Waals surface area contributed by atoms with Gasteiger partial charge in [0.1, 0.15) is 7.11 Å². The summed E-state index contributed by atoms with van der Waals surface area (Å²) in [7, 11) is 1.56. The molecule has 0 fully saturated rings. The zero-order valence-corrected chi connectivity index (χ0v) is 13.5. The molecule has 0 unspecified atom stereocenters. The summed E-state index contributed by atoms with van der Waals surface area (Å²) in [6, 6.07) is 7.12. The lowest BCUT2D eigenvalue weighted by molar-refractivity contribution is 0.100. The molecule has 6 nitrogen and oxygen atoms in total. The number of carbonyl (C=O) groups is 1. The number of fused-ring (bicyclic) bond motifs is 1. The molecular formula is C17H20N4O2. The zero-order chi connectivity index (χ0) is 16.6. The molecule has 0 saturated carbocycles. The summed E-state index contributed by atoms with van der Waals surface area (Å²) in [4.78, 5) is 16.2. The maximum atomic E-state index is 11.2. The molecule has 0 radical (unpaired) electrons. The van der Waals surface area contributed by atoms with Gasteiger partial charge in [0, 0.05) is 11.1 Å². The van der Waals surface area contributed by atoms with Gasteiger partial charge in [0.15, 0.2) is 0 Å². The molecule has 2 aromatic rings. The molecule has 6 heteroatoms. The Morgan fingerprint density at radius 3 is 2.61 bits per heavy atom. The third kappa shape index (κ3) is 2.84. The Labute approximate surface area is 134 Å². The molecule has 0 spiro atoms. The van der Waals surface area contributed by atoms with Gasteiger partial charge in [-0.2, -0.15) is 5.10 Å². The maximum absolute atomic E-state index is 11.2. The maximum Gasteiger partial charge on any atom is 0.248 e. The van der Waals surface area contributed by atoms with Crippen molar-refractivity contribution in [2.75, 3.05) is 7.11 Å². The number of primary amides is 1. The van der Waals surface area contributed by atoms with Gasteiger partial charge >= 0.3 is 0 Å². The van der Waals surface area contributed by atoms with Crippen LogP contribution in [-0.2, 0) is 11.3 Å². The number of carbonyl (C=O) groups excluding carboxylic acids is 1. The lowest BCUT2D eigenvalue weighted by Crippen LogP contribution is -2.28. The van der Waals surface area contributed by atoms with E-state index in [9.17, 15) is 4.79 Å². The summed E-state index contributed by atoms with van der Waals surface area (Å²) < 4.78 is 1.90. The van der Waals surface area contributed by atoms with Crippen LogP contribution in [0.4, 0.5) is 0 Å². The molecule has 1 aliphatic rings. The van der Waals surface area contributed by atoms with E-state index in [-0.39, 0.29) is 5.41 Å². The van der Waals surface area contributed by atoms with Gasteiger partial charge in [-0.15, -0.1) is 0 Å². The first-order valence-electron chi connectivity index (χ1n) is 7.49. The van der Waals surface area contributed by atoms with Gasteiger partial charge in [-0.1, -0.05) is 19.0 Å². The van der Waals surface area contributed by atoms with Crippen LogP contribution in [0.15, 0.2) is 35.6 Å². The second kappa shape index (κ2) is 5.53. The number of nitrogens with two attached hydrogens (primary N) is 1. The van der Waals surface area contributed by atoms with Crippen molar-refractivity contribution in [3.63, 3.8) is 0 Å². The molecule has 0 atom stereocenters. The molecule has 1 amide bonds. The Morgan fingerprint density at radius 2 is 2.00 bits per heavy atom. The minimum absolute atomic E-state index is 0.0787. The number of hydrogen-bond acceptors (Lipinski definition) is 4. The molecule has 120 valence electrons. The first-order chi connectivity index (χ1) is 10.9. The normalized spacial score (nSPS) is 17.8. The second-order valence-electron chi connectivity index (χ2n) is 6.57. The van der Waals surface area contributed by atoms with E-state index >= 15 is 0 Å². The van der Waals surface area contributed by atoms with Crippen LogP contribution in [0.3, 0.4) is 0 Å². The fraction of sp³-hybridized carbons (Fsp3) is 0.353. The molecule has 1 aromatic carbocycles. The molecule has 1 heterocycles. The Hall–Kier alpha value is -2.63. The van der Waals surface area contributed by atoms with E-state index in [1.807, 2.05) is 23.0 Å². The van der Waals surface area contributed by atoms with Crippen LogP contribution in [0.1, 0.15) is 41.9 Å². The molecule has 0 aliphatic heterocycles. The molecule has 1 aromatic heterocycles. The molecular weight excluding hydrogens is 292 g/mol. The molecule has 0 saturated heterocycles. The van der Waals surface area contributed by atoms with Crippen molar-refractivity contribution in [1.82, 2.24) is 9.78 Å². The monoisotopic (exact) mass is 312 g/mol. The number of benzene rings is 1. The number of rotatable bonds is 3. The molecule has 2 N–H and O–H groups in total. The number of hydrogen-bond donors (Lipinski definition) is 1. The minimum atomic E-state index is -0.435. The number of aromatic nitrogens is 2. The van der Waals surface area contributed by atoms with Crippen LogP contribution in [0.25, 0.3) is 5.69 Å². The summed E-state index contributed by atoms with van der Waals surface area (Å²) in [5.41, 5.74) is 9.78. The first-order valence-corrected chi connectivity index (χ1v) is 7.49. The minimum Gasteiger partial charge on any atom is -0.399 e. The molecule has 1 aliphatic carbocycles. The Balaban J connectivity index is 2.06. The van der Waals surface area contributed by atoms with Gasteiger partial charge in [-0.25, -0.2) is 4.68 Å². The highest BCUT2D eigenvalue weighted by molar-refractivity contribution is 6.02. The van der Waals surface area contributed by atoms with Crippen molar-refractivity contribution in [3.8, 4) is 5.69 Å². The number of oxime groups is 1. The highest BCUT2D eigenvalue weighted by Crippen LogP contribution is 2.36. The fourth-order valence-corrected chi connectivity index (χ4v) is 3.03. The van der Waals surface area contributed by atoms with Crippen molar-refractivity contribution in [2.45, 2.75) is 26.7 Å². The molecule has 23 heavy (non-hydrogen) atoms. The molecule has 3 rings (SSSR count). The third-order valence-corrected chi connectivity index (χ3v) is 4.07. The van der Waals surface area contributed by atoms with E-state index in [0.29, 0.717) is 5.56 Å². The van der Waals surface area contributed by atoms with Gasteiger partial charge in [0.2, 0.25) is 5.91 Å². The second-order valence-corrected chi connectivity index (χ2v) is 6.57. The topological polar surface area (TPSA) is 82.5 Å². The Morgan fingerprint density at radius 1 is 1.30 bits per heavy atom. The van der Waals surface area contributed by atoms with E-state index in [1.54, 1.807) is 19.2 Å². The van der Waals surface area contributed by atoms with Gasteiger partial charge in [0.25, 0.3) is 0 Å². The van der Waals surface area contributed by atoms with Gasteiger partial charge in [0.05, 0.1) is 23.3 Å². The zero-order valence-electron chi connectivity index (χ0n) is 13.5. The van der Waals surface area contributed by atoms with Gasteiger partial charge < -0.3 is 10.6 Å². The lowest BCUT2D eigenvalue weighted by Gasteiger charge is -2.30. The fourth-order valence-electron chi connectivity index (χ4n) is 3.03. The summed E-state index contributed by atoms with van der Waals surface area (Å²) in [6.07, 6.45) is 3.56. The van der Waals surface area contributed by atoms with Crippen LogP contribution < -0.4 is 5.73 Å². The molecule has 0 bridgehead atoms. The van der Waals surface area contributed by atoms with E-state index in [4.69, 9.17) is 10.6 Å². The van der Waals surface area contributed by atoms with Gasteiger partial charge in [-0.05, 0) is 42.5 Å². The van der Waals surface area contributed by atoms with Crippen LogP contribution >= 0.6 is 0 Å². The Bertz CT molecular complexity index is 772. The summed E-state index contributed by atoms with van der Waals surface area (Å²) in [5, 5.41) is 8.67. The standard InChI is InChI=1S/C17H20N4O2/c1-17(2)8-14(20-23-3)13-10-19-21(15(13)9-17)12-6-4-11(5-7-12)16(18)22/h4-7,10H,8-9H2,1-3H3,(H2,18,22)/b20-14+. The average Bonchev–Trinajstić information content (AvgIpc) is 2.90. The predicted octanol–water partition coefficient (Wildman–Crippen LogP) is 2.29. The van der Waals surface area contributed by atoms with Crippen LogP contribution in [0.2, 0.25) is 0 Å². The van der Waals surface area contributed by atoms with Crippen molar-refractivity contribution in [1.29, 1.82) is 0 Å². The smallest absolute Gasteiger partial charge is 0.248 e. The van der Waals surface area contributed by atoms with Crippen LogP contribution in [0.5, 0.6) is 0 Å². The van der Waals surface area contributed by atoms with Crippen molar-refractivity contribution >= 4 is 11.6 Å². The highest BCUT2D eigenvalue weighted by Gasteiger charge is 2.33. The number of nitrogens with zero attached hydrogens (tertiary/aromatic N) is 3. The summed E-state index contributed by atoms with van der Waals surface area (Å²) in [6.45, 7) is 4.41. The lowest BCUT2D eigenvalue weighted by atomic mass is 9.76. The van der Waals surface area contributed by atoms with Crippen molar-refractivity contribution < 1.29 is 9.63 Å². The van der Waals surface area contributed by atoms with E-state index in [2.05, 4.69) is 24.1 Å². The summed E-state index contributed by atoms with van der Waals surface area (Å²) in [5.74, 6) is -0.435. The average molecular weight is 312 g/mol. The van der Waals surface area contributed by atoms with Crippen molar-refractivity contribution in [2.24, 2.45) is 16.3 Å². The predicted molar refractivity (Wildman–Crippen MR) is 87.7 cm³/mol. The first kappa shape index (κ1) is 15.3. The third-order valence-electron chi connectivity index (χ3n) is 4.07. The quantitative estimate of drug-likeness (QED) is 0.883. The summed E-state index contributed by atoms with van der Waals surface area (Å²) >= 11 is 0. The largest absolute Gasteiger partial charge is 0.399 e. The van der Waals surface area contributed by atoms with E-state index < -0.39 is 5.91 Å². The van der Waals surface area contributed by atoms with E-state index in [0.717, 1.165) is 35.5 Å². The highest BCUT2D eigenvalue weighted by atomic mass is 16.6.